The van der Waals surface area contributed by atoms with Crippen molar-refractivity contribution in [2.24, 2.45) is 5.92 Å². The van der Waals surface area contributed by atoms with Gasteiger partial charge in [-0.2, -0.15) is 18.3 Å². The smallest absolute Gasteiger partial charge is 0.381 e. The second-order valence-corrected chi connectivity index (χ2v) is 7.81. The van der Waals surface area contributed by atoms with Gasteiger partial charge < -0.3 is 10.1 Å². The largest absolute Gasteiger partial charge is 0.416 e. The predicted molar refractivity (Wildman–Crippen MR) is 101 cm³/mol. The van der Waals surface area contributed by atoms with Gasteiger partial charge in [0.25, 0.3) is 5.91 Å². The molecule has 2 saturated carbocycles. The monoisotopic (exact) mass is 407 g/mol. The molecular weight excluding hydrogens is 383 g/mol. The summed E-state index contributed by atoms with van der Waals surface area (Å²) in [5.74, 6) is 0.620. The first kappa shape index (κ1) is 19.9. The third-order valence-electron chi connectivity index (χ3n) is 5.23. The van der Waals surface area contributed by atoms with Crippen LogP contribution in [0.5, 0.6) is 0 Å². The number of hydrogen-bond acceptors (Lipinski definition) is 3. The van der Waals surface area contributed by atoms with Gasteiger partial charge in [0.1, 0.15) is 0 Å². The number of carbonyl (C=O) groups is 1. The maximum Gasteiger partial charge on any atom is 0.416 e. The maximum atomic E-state index is 13.1. The van der Waals surface area contributed by atoms with Gasteiger partial charge in [0, 0.05) is 25.7 Å². The zero-order valence-electron chi connectivity index (χ0n) is 16.0. The topological polar surface area (TPSA) is 56.1 Å². The molecule has 1 aromatic carbocycles. The Kier molecular flexibility index (Phi) is 5.63. The molecule has 2 fully saturated rings. The summed E-state index contributed by atoms with van der Waals surface area (Å²) in [6.07, 6.45) is 2.05. The van der Waals surface area contributed by atoms with Crippen LogP contribution in [-0.2, 0) is 10.9 Å². The van der Waals surface area contributed by atoms with Crippen molar-refractivity contribution in [3.05, 3.63) is 47.3 Å². The van der Waals surface area contributed by atoms with E-state index in [4.69, 9.17) is 4.74 Å². The number of halogens is 3. The first-order valence-electron chi connectivity index (χ1n) is 10.0. The minimum absolute atomic E-state index is 0.148. The molecule has 4 rings (SSSR count). The van der Waals surface area contributed by atoms with Crippen molar-refractivity contribution < 1.29 is 22.7 Å². The molecular formula is C21H24F3N3O2. The Labute approximate surface area is 167 Å². The Morgan fingerprint density at radius 2 is 2.03 bits per heavy atom. The van der Waals surface area contributed by atoms with Crippen LogP contribution in [0.25, 0.3) is 5.69 Å². The van der Waals surface area contributed by atoms with E-state index in [1.54, 1.807) is 6.07 Å². The van der Waals surface area contributed by atoms with E-state index in [9.17, 15) is 18.0 Å². The van der Waals surface area contributed by atoms with E-state index >= 15 is 0 Å². The van der Waals surface area contributed by atoms with E-state index in [-0.39, 0.29) is 11.8 Å². The quantitative estimate of drug-likeness (QED) is 0.630. The van der Waals surface area contributed by atoms with E-state index < -0.39 is 11.7 Å². The van der Waals surface area contributed by atoms with Gasteiger partial charge in [0.05, 0.1) is 28.7 Å². The number of aromatic nitrogens is 2. The molecule has 0 unspecified atom stereocenters. The number of amides is 1. The summed E-state index contributed by atoms with van der Waals surface area (Å²) in [5, 5.41) is 7.11. The number of ether oxygens (including phenoxy) is 1. The normalized spacial score (nSPS) is 16.8. The third-order valence-corrected chi connectivity index (χ3v) is 5.23. The molecule has 29 heavy (non-hydrogen) atoms. The van der Waals surface area contributed by atoms with Crippen LogP contribution in [0, 0.1) is 5.92 Å². The van der Waals surface area contributed by atoms with Crippen molar-refractivity contribution in [1.82, 2.24) is 15.1 Å². The number of rotatable bonds is 9. The maximum absolute atomic E-state index is 13.1. The fourth-order valence-electron chi connectivity index (χ4n) is 3.31. The van der Waals surface area contributed by atoms with Gasteiger partial charge in [-0.15, -0.1) is 0 Å². The van der Waals surface area contributed by atoms with E-state index in [0.29, 0.717) is 36.0 Å². The van der Waals surface area contributed by atoms with Crippen molar-refractivity contribution in [2.45, 2.75) is 44.2 Å². The van der Waals surface area contributed by atoms with E-state index in [2.05, 4.69) is 10.4 Å². The van der Waals surface area contributed by atoms with Gasteiger partial charge in [0.15, 0.2) is 0 Å². The number of alkyl halides is 3. The van der Waals surface area contributed by atoms with Crippen molar-refractivity contribution in [3.63, 3.8) is 0 Å². The standard InChI is InChI=1S/C21H24F3N3O2/c22-21(23,24)16-3-1-4-17(11-16)27-19(15-7-8-15)18(12-26-27)20(28)25-9-2-10-29-13-14-5-6-14/h1,3-4,11-12,14-15H,2,5-10,13H2,(H,25,28). The highest BCUT2D eigenvalue weighted by Gasteiger charge is 2.34. The third kappa shape index (κ3) is 4.98. The lowest BCUT2D eigenvalue weighted by Gasteiger charge is -2.12. The summed E-state index contributed by atoms with van der Waals surface area (Å²) < 4.78 is 46.2. The van der Waals surface area contributed by atoms with Crippen molar-refractivity contribution in [3.8, 4) is 5.69 Å². The number of carbonyl (C=O) groups excluding carboxylic acids is 1. The first-order chi connectivity index (χ1) is 13.9. The van der Waals surface area contributed by atoms with Gasteiger partial charge in [-0.1, -0.05) is 6.07 Å². The molecule has 1 aromatic heterocycles. The van der Waals surface area contributed by atoms with Gasteiger partial charge in [-0.25, -0.2) is 4.68 Å². The molecule has 0 atom stereocenters. The minimum Gasteiger partial charge on any atom is -0.381 e. The Morgan fingerprint density at radius 3 is 2.72 bits per heavy atom. The van der Waals surface area contributed by atoms with Crippen LogP contribution in [0.1, 0.15) is 59.6 Å². The van der Waals surface area contributed by atoms with Crippen molar-refractivity contribution >= 4 is 5.91 Å². The molecule has 0 aliphatic heterocycles. The molecule has 156 valence electrons. The van der Waals surface area contributed by atoms with Gasteiger partial charge in [0.2, 0.25) is 0 Å². The lowest BCUT2D eigenvalue weighted by atomic mass is 10.1. The number of hydrogen-bond donors (Lipinski definition) is 1. The van der Waals surface area contributed by atoms with Crippen molar-refractivity contribution in [2.75, 3.05) is 19.8 Å². The number of nitrogens with zero attached hydrogens (tertiary/aromatic N) is 2. The summed E-state index contributed by atoms with van der Waals surface area (Å²) in [4.78, 5) is 12.6. The predicted octanol–water partition coefficient (Wildman–Crippen LogP) is 4.32. The second kappa shape index (κ2) is 8.18. The van der Waals surface area contributed by atoms with Crippen LogP contribution in [0.2, 0.25) is 0 Å². The SMILES string of the molecule is O=C(NCCCOCC1CC1)c1cnn(-c2cccc(C(F)(F)F)c2)c1C1CC1. The Hall–Kier alpha value is -2.35. The number of benzene rings is 1. The highest BCUT2D eigenvalue weighted by atomic mass is 19.4. The molecule has 0 radical (unpaired) electrons. The fourth-order valence-corrected chi connectivity index (χ4v) is 3.31. The van der Waals surface area contributed by atoms with E-state index in [1.165, 1.54) is 29.8 Å². The average molecular weight is 407 g/mol. The molecule has 0 bridgehead atoms. The molecule has 0 spiro atoms. The molecule has 2 aliphatic rings. The van der Waals surface area contributed by atoms with Crippen LogP contribution in [0.15, 0.2) is 30.5 Å². The Bertz CT molecular complexity index is 870. The van der Waals surface area contributed by atoms with Gasteiger partial charge >= 0.3 is 6.18 Å². The van der Waals surface area contributed by atoms with Crippen LogP contribution < -0.4 is 5.32 Å². The average Bonchev–Trinajstić information content (AvgIpc) is 3.62. The lowest BCUT2D eigenvalue weighted by molar-refractivity contribution is -0.137. The van der Waals surface area contributed by atoms with Crippen LogP contribution in [-0.4, -0.2) is 35.4 Å². The van der Waals surface area contributed by atoms with E-state index in [0.717, 1.165) is 38.0 Å². The summed E-state index contributed by atoms with van der Waals surface area (Å²) in [6.45, 7) is 1.89. The highest BCUT2D eigenvalue weighted by Crippen LogP contribution is 2.42. The summed E-state index contributed by atoms with van der Waals surface area (Å²) in [5.41, 5.74) is 0.703. The molecule has 1 N–H and O–H groups in total. The summed E-state index contributed by atoms with van der Waals surface area (Å²) in [7, 11) is 0. The van der Waals surface area contributed by atoms with E-state index in [1.807, 2.05) is 0 Å². The highest BCUT2D eigenvalue weighted by molar-refractivity contribution is 5.95. The van der Waals surface area contributed by atoms with Gasteiger partial charge in [-0.3, -0.25) is 4.79 Å². The first-order valence-corrected chi connectivity index (χ1v) is 10.0. The van der Waals surface area contributed by atoms with Crippen LogP contribution in [0.4, 0.5) is 13.2 Å². The molecule has 1 amide bonds. The fraction of sp³-hybridized carbons (Fsp3) is 0.524. The van der Waals surface area contributed by atoms with Crippen LogP contribution >= 0.6 is 0 Å². The molecule has 8 heteroatoms. The molecule has 1 heterocycles. The minimum atomic E-state index is -4.43. The summed E-state index contributed by atoms with van der Waals surface area (Å²) >= 11 is 0. The zero-order valence-corrected chi connectivity index (χ0v) is 16.0. The Morgan fingerprint density at radius 1 is 1.24 bits per heavy atom. The zero-order chi connectivity index (χ0) is 20.4. The number of nitrogens with one attached hydrogen (secondary N) is 1. The molecule has 0 saturated heterocycles. The molecule has 5 nitrogen and oxygen atoms in total. The lowest BCUT2D eigenvalue weighted by Crippen LogP contribution is -2.26. The van der Waals surface area contributed by atoms with Crippen LogP contribution in [0.3, 0.4) is 0 Å². The second-order valence-electron chi connectivity index (χ2n) is 7.81. The molecule has 2 aromatic rings. The van der Waals surface area contributed by atoms with Gasteiger partial charge in [-0.05, 0) is 56.2 Å². The van der Waals surface area contributed by atoms with Crippen molar-refractivity contribution in [1.29, 1.82) is 0 Å². The summed E-state index contributed by atoms with van der Waals surface area (Å²) in [6, 6.07) is 5.03. The molecule has 2 aliphatic carbocycles. The Balaban J connectivity index is 1.43.